The van der Waals surface area contributed by atoms with Crippen LogP contribution in [0.25, 0.3) is 0 Å². The topological polar surface area (TPSA) is 238 Å². The molecule has 79 heavy (non-hydrogen) atoms. The largest absolute Gasteiger partial charge is 0.463 e. The monoisotopic (exact) mass is 1130 g/mol. The van der Waals surface area contributed by atoms with Crippen LogP contribution >= 0.6 is 0 Å². The van der Waals surface area contributed by atoms with Crippen molar-refractivity contribution in [2.75, 3.05) is 13.2 Å². The van der Waals surface area contributed by atoms with Crippen molar-refractivity contribution in [1.82, 2.24) is 0 Å². The van der Waals surface area contributed by atoms with Gasteiger partial charge in [0.1, 0.15) is 31.5 Å². The molecule has 456 valence electrons. The Balaban J connectivity index is 3.07. The van der Waals surface area contributed by atoms with Crippen molar-refractivity contribution in [3.8, 4) is 0 Å². The Kier molecular flexibility index (Phi) is 38.8. The van der Waals surface area contributed by atoms with Crippen molar-refractivity contribution < 1.29 is 90.5 Å². The van der Waals surface area contributed by atoms with E-state index in [0.717, 1.165) is 77.0 Å². The van der Waals surface area contributed by atoms with E-state index in [4.69, 9.17) is 52.1 Å². The van der Waals surface area contributed by atoms with Crippen LogP contribution in [0.3, 0.4) is 0 Å². The lowest BCUT2D eigenvalue weighted by atomic mass is 9.95. The van der Waals surface area contributed by atoms with Crippen LogP contribution in [0.15, 0.2) is 0 Å². The van der Waals surface area contributed by atoms with Crippen molar-refractivity contribution >= 4 is 47.8 Å². The summed E-state index contributed by atoms with van der Waals surface area (Å²) in [7, 11) is 0. The zero-order valence-electron chi connectivity index (χ0n) is 49.6. The molecule has 10 atom stereocenters. The summed E-state index contributed by atoms with van der Waals surface area (Å²) in [5.74, 6) is -5.41. The van der Waals surface area contributed by atoms with Gasteiger partial charge >= 0.3 is 47.8 Å². The molecule has 2 saturated heterocycles. The second-order valence-corrected chi connectivity index (χ2v) is 21.0. The summed E-state index contributed by atoms with van der Waals surface area (Å²) in [5, 5.41) is 0. The average Bonchev–Trinajstić information content (AvgIpc) is 3.43. The van der Waals surface area contributed by atoms with E-state index in [0.29, 0.717) is 77.0 Å². The predicted octanol–water partition coefficient (Wildman–Crippen LogP) is 11.7. The summed E-state index contributed by atoms with van der Waals surface area (Å²) in [4.78, 5) is 110. The van der Waals surface area contributed by atoms with E-state index in [-0.39, 0.29) is 51.4 Å². The van der Waals surface area contributed by atoms with Gasteiger partial charge < -0.3 is 52.1 Å². The lowest BCUT2D eigenvalue weighted by molar-refractivity contribution is -0.358. The highest BCUT2D eigenvalue weighted by Gasteiger charge is 2.58. The molecule has 19 nitrogen and oxygen atoms in total. The van der Waals surface area contributed by atoms with Crippen molar-refractivity contribution in [2.45, 2.75) is 322 Å². The van der Waals surface area contributed by atoms with Gasteiger partial charge in [0.15, 0.2) is 30.7 Å². The summed E-state index contributed by atoms with van der Waals surface area (Å²) < 4.78 is 69.0. The molecule has 0 aromatic rings. The number of carbonyl (C=O) groups is 8. The van der Waals surface area contributed by atoms with Gasteiger partial charge in [-0.15, -0.1) is 0 Å². The van der Waals surface area contributed by atoms with E-state index in [1.165, 1.54) is 0 Å². The summed E-state index contributed by atoms with van der Waals surface area (Å²) >= 11 is 0. The van der Waals surface area contributed by atoms with Gasteiger partial charge in [-0.25, -0.2) is 0 Å². The predicted molar refractivity (Wildman–Crippen MR) is 293 cm³/mol. The molecule has 19 heteroatoms. The Bertz CT molecular complexity index is 1740. The standard InChI is InChI=1S/C60H102O19/c1-9-17-25-33-45(61)69-41-43-53(73-47(63)35-27-19-11-3)55(74-48(64)36-28-20-12-4)58(77-51(67)39-31-23-15-7)60(72-43)79-54-44(42-70-46(62)34-26-18-10-2)71-59(78-52(68)40-32-24-16-8)57(76-50(66)38-30-22-14-6)56(54)75-49(65)37-29-21-13-5/h43-44,53-60H,9-42H2,1-8H3/t43-,44-,53+,54-,55+,56+,57-,58-,59?,60+/m1/s1. The molecule has 2 heterocycles. The minimum Gasteiger partial charge on any atom is -0.463 e. The van der Waals surface area contributed by atoms with Crippen molar-refractivity contribution in [1.29, 1.82) is 0 Å². The van der Waals surface area contributed by atoms with Crippen molar-refractivity contribution in [2.24, 2.45) is 0 Å². The molecule has 0 aliphatic carbocycles. The van der Waals surface area contributed by atoms with E-state index in [1.807, 2.05) is 55.4 Å². The number of hydrogen-bond donors (Lipinski definition) is 0. The number of hydrogen-bond acceptors (Lipinski definition) is 19. The van der Waals surface area contributed by atoms with Crippen LogP contribution in [0.5, 0.6) is 0 Å². The smallest absolute Gasteiger partial charge is 0.308 e. The fraction of sp³-hybridized carbons (Fsp3) is 0.867. The lowest BCUT2D eigenvalue weighted by Crippen LogP contribution is -2.67. The number of rotatable bonds is 44. The number of unbranched alkanes of at least 4 members (excludes halogenated alkanes) is 16. The van der Waals surface area contributed by atoms with Gasteiger partial charge in [-0.05, 0) is 51.4 Å². The van der Waals surface area contributed by atoms with Gasteiger partial charge in [0.2, 0.25) is 12.4 Å². The molecule has 0 N–H and O–H groups in total. The zero-order chi connectivity index (χ0) is 58.2. The minimum absolute atomic E-state index is 0.0150. The molecule has 2 fully saturated rings. The third-order valence-electron chi connectivity index (χ3n) is 13.8. The first-order valence-electron chi connectivity index (χ1n) is 30.6. The Labute approximate surface area is 472 Å². The van der Waals surface area contributed by atoms with E-state index < -0.39 is 122 Å². The molecule has 2 aliphatic rings. The van der Waals surface area contributed by atoms with Crippen LogP contribution in [0, 0.1) is 0 Å². The average molecular weight is 1130 g/mol. The number of esters is 8. The van der Waals surface area contributed by atoms with E-state index >= 15 is 0 Å². The normalized spacial score (nSPS) is 22.7. The lowest BCUT2D eigenvalue weighted by Gasteiger charge is -2.48. The highest BCUT2D eigenvalue weighted by atomic mass is 16.8. The fourth-order valence-electron chi connectivity index (χ4n) is 9.10. The first-order chi connectivity index (χ1) is 38.2. The second-order valence-electron chi connectivity index (χ2n) is 21.0. The van der Waals surface area contributed by atoms with Crippen LogP contribution in [0.2, 0.25) is 0 Å². The molecular weight excluding hydrogens is 1020 g/mol. The zero-order valence-corrected chi connectivity index (χ0v) is 49.6. The van der Waals surface area contributed by atoms with Gasteiger partial charge in [-0.3, -0.25) is 38.4 Å². The van der Waals surface area contributed by atoms with Crippen LogP contribution in [0.1, 0.15) is 261 Å². The van der Waals surface area contributed by atoms with E-state index in [1.54, 1.807) is 0 Å². The molecule has 0 aromatic heterocycles. The number of ether oxygens (including phenoxy) is 11. The molecule has 0 spiro atoms. The van der Waals surface area contributed by atoms with Gasteiger partial charge in [0.05, 0.1) is 0 Å². The molecule has 2 aliphatic heterocycles. The Morgan fingerprint density at radius 2 is 0.506 bits per heavy atom. The van der Waals surface area contributed by atoms with Gasteiger partial charge in [-0.2, -0.15) is 0 Å². The summed E-state index contributed by atoms with van der Waals surface area (Å²) in [5.41, 5.74) is 0. The summed E-state index contributed by atoms with van der Waals surface area (Å²) in [6.07, 6.45) is -0.529. The second kappa shape index (κ2) is 43.4. The van der Waals surface area contributed by atoms with Crippen molar-refractivity contribution in [3.63, 3.8) is 0 Å². The molecular formula is C60H102O19. The molecule has 1 unspecified atom stereocenters. The third-order valence-corrected chi connectivity index (χ3v) is 13.8. The maximum Gasteiger partial charge on any atom is 0.308 e. The van der Waals surface area contributed by atoms with E-state index in [9.17, 15) is 38.4 Å². The van der Waals surface area contributed by atoms with Crippen LogP contribution < -0.4 is 0 Å². The molecule has 0 bridgehead atoms. The fourth-order valence-corrected chi connectivity index (χ4v) is 9.10. The van der Waals surface area contributed by atoms with Crippen LogP contribution in [0.4, 0.5) is 0 Å². The Morgan fingerprint density at radius 3 is 0.835 bits per heavy atom. The van der Waals surface area contributed by atoms with Crippen LogP contribution in [-0.4, -0.2) is 122 Å². The van der Waals surface area contributed by atoms with Gasteiger partial charge in [0, 0.05) is 51.4 Å². The minimum atomic E-state index is -1.84. The third kappa shape index (κ3) is 29.3. The highest BCUT2D eigenvalue weighted by molar-refractivity contribution is 5.73. The molecule has 0 aromatic carbocycles. The maximum absolute atomic E-state index is 14.1. The SMILES string of the molecule is CCCCCC(=O)OC[C@H]1O[C@@H](O[C@H]2[C@H](OC(=O)CCCCC)[C@@H](OC(=O)CCCCC)C(OC(=O)CCCCC)O[C@@H]2COC(=O)CCCCC)[C@H](OC(=O)CCCCC)[C@@H](OC(=O)CCCCC)[C@H]1OC(=O)CCCCC. The maximum atomic E-state index is 14.1. The molecule has 0 amide bonds. The Morgan fingerprint density at radius 1 is 0.266 bits per heavy atom. The van der Waals surface area contributed by atoms with Gasteiger partial charge in [0.25, 0.3) is 0 Å². The van der Waals surface area contributed by atoms with Gasteiger partial charge in [-0.1, -0.05) is 158 Å². The quantitative estimate of drug-likeness (QED) is 0.0313. The van der Waals surface area contributed by atoms with Crippen LogP contribution in [-0.2, 0) is 90.5 Å². The first-order valence-corrected chi connectivity index (χ1v) is 30.6. The molecule has 0 saturated carbocycles. The van der Waals surface area contributed by atoms with Crippen molar-refractivity contribution in [3.05, 3.63) is 0 Å². The first kappa shape index (κ1) is 70.7. The number of carbonyl (C=O) groups excluding carboxylic acids is 8. The summed E-state index contributed by atoms with van der Waals surface area (Å²) in [6, 6.07) is 0. The molecule has 0 radical (unpaired) electrons. The van der Waals surface area contributed by atoms with E-state index in [2.05, 4.69) is 0 Å². The highest BCUT2D eigenvalue weighted by Crippen LogP contribution is 2.37. The Hall–Kier alpha value is -4.36. The summed E-state index contributed by atoms with van der Waals surface area (Å²) in [6.45, 7) is 14.7. The molecule has 2 rings (SSSR count).